The van der Waals surface area contributed by atoms with E-state index in [1.165, 1.54) is 4.57 Å². The van der Waals surface area contributed by atoms with E-state index in [9.17, 15) is 13.2 Å². The van der Waals surface area contributed by atoms with Gasteiger partial charge in [-0.05, 0) is 18.1 Å². The Kier molecular flexibility index (Phi) is 3.32. The van der Waals surface area contributed by atoms with E-state index >= 15 is 0 Å². The highest BCUT2D eigenvalue weighted by Crippen LogP contribution is 2.32. The van der Waals surface area contributed by atoms with Gasteiger partial charge in [-0.15, -0.1) is 0 Å². The maximum atomic E-state index is 13.0. The number of hydrogen-bond donors (Lipinski definition) is 0. The molecular formula is C13H15F3N2. The second-order valence-electron chi connectivity index (χ2n) is 4.55. The Labute approximate surface area is 103 Å². The van der Waals surface area contributed by atoms with Crippen molar-refractivity contribution in [2.75, 3.05) is 0 Å². The molecule has 2 rings (SSSR count). The molecule has 1 aromatic carbocycles. The highest BCUT2D eigenvalue weighted by molar-refractivity contribution is 5.76. The lowest BCUT2D eigenvalue weighted by Gasteiger charge is -2.15. The standard InChI is InChI=1S/C13H15F3N2/c1-3-9(2)8-18-11-7-5-4-6-10(11)17-12(18)13(14,15)16/h4-7,9H,3,8H2,1-2H3. The molecule has 98 valence electrons. The van der Waals surface area contributed by atoms with Gasteiger partial charge in [0.05, 0.1) is 11.0 Å². The topological polar surface area (TPSA) is 17.8 Å². The third kappa shape index (κ3) is 2.35. The zero-order chi connectivity index (χ0) is 13.3. The quantitative estimate of drug-likeness (QED) is 0.808. The van der Waals surface area contributed by atoms with Crippen molar-refractivity contribution in [1.29, 1.82) is 0 Å². The number of nitrogens with zero attached hydrogens (tertiary/aromatic N) is 2. The van der Waals surface area contributed by atoms with E-state index in [1.54, 1.807) is 24.3 Å². The first-order valence-corrected chi connectivity index (χ1v) is 5.96. The van der Waals surface area contributed by atoms with Crippen molar-refractivity contribution in [3.8, 4) is 0 Å². The van der Waals surface area contributed by atoms with Gasteiger partial charge in [0, 0.05) is 6.54 Å². The highest BCUT2D eigenvalue weighted by Gasteiger charge is 2.37. The zero-order valence-electron chi connectivity index (χ0n) is 10.3. The molecular weight excluding hydrogens is 241 g/mol. The van der Waals surface area contributed by atoms with Crippen LogP contribution in [0, 0.1) is 5.92 Å². The molecule has 2 nitrogen and oxygen atoms in total. The molecule has 1 aromatic heterocycles. The SMILES string of the molecule is CCC(C)Cn1c(C(F)(F)F)nc2ccccc21. The molecule has 0 saturated heterocycles. The molecule has 0 radical (unpaired) electrons. The van der Waals surface area contributed by atoms with Gasteiger partial charge in [0.15, 0.2) is 0 Å². The maximum absolute atomic E-state index is 13.0. The van der Waals surface area contributed by atoms with Crippen LogP contribution in [-0.4, -0.2) is 9.55 Å². The lowest BCUT2D eigenvalue weighted by atomic mass is 10.1. The Morgan fingerprint density at radius 3 is 2.56 bits per heavy atom. The van der Waals surface area contributed by atoms with Gasteiger partial charge in [-0.25, -0.2) is 4.98 Å². The third-order valence-corrected chi connectivity index (χ3v) is 3.10. The second kappa shape index (κ2) is 4.63. The van der Waals surface area contributed by atoms with Crippen LogP contribution in [0.3, 0.4) is 0 Å². The summed E-state index contributed by atoms with van der Waals surface area (Å²) in [5.41, 5.74) is 0.943. The summed E-state index contributed by atoms with van der Waals surface area (Å²) < 4.78 is 40.2. The van der Waals surface area contributed by atoms with Gasteiger partial charge < -0.3 is 4.57 Å². The van der Waals surface area contributed by atoms with Gasteiger partial charge in [0.25, 0.3) is 0 Å². The molecule has 0 aliphatic rings. The smallest absolute Gasteiger partial charge is 0.320 e. The summed E-state index contributed by atoms with van der Waals surface area (Å²) in [4.78, 5) is 3.71. The monoisotopic (exact) mass is 256 g/mol. The first-order valence-electron chi connectivity index (χ1n) is 5.96. The van der Waals surface area contributed by atoms with Crippen molar-refractivity contribution in [1.82, 2.24) is 9.55 Å². The van der Waals surface area contributed by atoms with Gasteiger partial charge in [-0.1, -0.05) is 32.4 Å². The van der Waals surface area contributed by atoms with Crippen LogP contribution < -0.4 is 0 Å². The predicted octanol–water partition coefficient (Wildman–Crippen LogP) is 4.10. The van der Waals surface area contributed by atoms with E-state index in [0.717, 1.165) is 6.42 Å². The average Bonchev–Trinajstić information content (AvgIpc) is 2.68. The van der Waals surface area contributed by atoms with E-state index in [-0.39, 0.29) is 5.92 Å². The molecule has 0 fully saturated rings. The van der Waals surface area contributed by atoms with E-state index in [0.29, 0.717) is 17.6 Å². The normalized spacial score (nSPS) is 14.1. The Morgan fingerprint density at radius 1 is 1.28 bits per heavy atom. The van der Waals surface area contributed by atoms with Crippen LogP contribution in [0.1, 0.15) is 26.1 Å². The lowest BCUT2D eigenvalue weighted by Crippen LogP contribution is -2.17. The van der Waals surface area contributed by atoms with Gasteiger partial charge >= 0.3 is 6.18 Å². The minimum absolute atomic E-state index is 0.184. The van der Waals surface area contributed by atoms with Crippen LogP contribution in [0.4, 0.5) is 13.2 Å². The Hall–Kier alpha value is -1.52. The summed E-state index contributed by atoms with van der Waals surface area (Å²) in [5, 5.41) is 0. The fourth-order valence-electron chi connectivity index (χ4n) is 1.92. The van der Waals surface area contributed by atoms with Crippen LogP contribution >= 0.6 is 0 Å². The minimum atomic E-state index is -4.41. The van der Waals surface area contributed by atoms with Gasteiger partial charge in [0.2, 0.25) is 5.82 Å². The molecule has 0 spiro atoms. The number of fused-ring (bicyclic) bond motifs is 1. The zero-order valence-corrected chi connectivity index (χ0v) is 10.3. The van der Waals surface area contributed by atoms with E-state index in [1.807, 2.05) is 13.8 Å². The van der Waals surface area contributed by atoms with Crippen LogP contribution in [0.2, 0.25) is 0 Å². The summed E-state index contributed by atoms with van der Waals surface area (Å²) in [6.07, 6.45) is -3.57. The molecule has 0 amide bonds. The molecule has 1 atom stereocenters. The second-order valence-corrected chi connectivity index (χ2v) is 4.55. The Morgan fingerprint density at radius 2 is 1.94 bits per heavy atom. The number of halogens is 3. The predicted molar refractivity (Wildman–Crippen MR) is 64.2 cm³/mol. The van der Waals surface area contributed by atoms with Crippen molar-refractivity contribution >= 4 is 11.0 Å². The number of rotatable bonds is 3. The molecule has 0 saturated carbocycles. The summed E-state index contributed by atoms with van der Waals surface area (Å²) in [5.74, 6) is -0.618. The molecule has 0 N–H and O–H groups in total. The van der Waals surface area contributed by atoms with Gasteiger partial charge in [-0.2, -0.15) is 13.2 Å². The first-order chi connectivity index (χ1) is 8.43. The molecule has 18 heavy (non-hydrogen) atoms. The lowest BCUT2D eigenvalue weighted by molar-refractivity contribution is -0.147. The summed E-state index contributed by atoms with van der Waals surface area (Å²) in [6, 6.07) is 6.72. The van der Waals surface area contributed by atoms with Gasteiger partial charge in [0.1, 0.15) is 0 Å². The fraction of sp³-hybridized carbons (Fsp3) is 0.462. The van der Waals surface area contributed by atoms with Crippen LogP contribution in [-0.2, 0) is 12.7 Å². The van der Waals surface area contributed by atoms with Crippen LogP contribution in [0.15, 0.2) is 24.3 Å². The minimum Gasteiger partial charge on any atom is -0.320 e. The Bertz CT molecular complexity index is 543. The summed E-state index contributed by atoms with van der Waals surface area (Å²) in [6.45, 7) is 4.25. The molecule has 2 aromatic rings. The molecule has 0 aliphatic carbocycles. The van der Waals surface area contributed by atoms with Gasteiger partial charge in [-0.3, -0.25) is 0 Å². The molecule has 0 bridgehead atoms. The molecule has 5 heteroatoms. The number of alkyl halides is 3. The first kappa shape index (κ1) is 12.9. The van der Waals surface area contributed by atoms with E-state index < -0.39 is 12.0 Å². The van der Waals surface area contributed by atoms with E-state index in [2.05, 4.69) is 4.98 Å². The number of hydrogen-bond acceptors (Lipinski definition) is 1. The molecule has 1 heterocycles. The van der Waals surface area contributed by atoms with Crippen LogP contribution in [0.25, 0.3) is 11.0 Å². The highest BCUT2D eigenvalue weighted by atomic mass is 19.4. The van der Waals surface area contributed by atoms with Crippen LogP contribution in [0.5, 0.6) is 0 Å². The fourth-order valence-corrected chi connectivity index (χ4v) is 1.92. The third-order valence-electron chi connectivity index (χ3n) is 3.10. The largest absolute Gasteiger partial charge is 0.449 e. The molecule has 1 unspecified atom stereocenters. The van der Waals surface area contributed by atoms with Crippen molar-refractivity contribution in [2.24, 2.45) is 5.92 Å². The maximum Gasteiger partial charge on any atom is 0.449 e. The van der Waals surface area contributed by atoms with E-state index in [4.69, 9.17) is 0 Å². The van der Waals surface area contributed by atoms with Crippen molar-refractivity contribution < 1.29 is 13.2 Å². The number of benzene rings is 1. The van der Waals surface area contributed by atoms with Crippen molar-refractivity contribution in [3.05, 3.63) is 30.1 Å². The van der Waals surface area contributed by atoms with Crippen molar-refractivity contribution in [3.63, 3.8) is 0 Å². The van der Waals surface area contributed by atoms with Crippen molar-refractivity contribution in [2.45, 2.75) is 33.0 Å². The molecule has 0 aliphatic heterocycles. The average molecular weight is 256 g/mol. The summed E-state index contributed by atoms with van der Waals surface area (Å²) in [7, 11) is 0. The Balaban J connectivity index is 2.58. The summed E-state index contributed by atoms with van der Waals surface area (Å²) >= 11 is 0. The number of aromatic nitrogens is 2. The number of para-hydroxylation sites is 2. The number of imidazole rings is 1.